The third kappa shape index (κ3) is 3.54. The molecule has 0 aromatic carbocycles. The van der Waals surface area contributed by atoms with Crippen LogP contribution in [0.4, 0.5) is 0 Å². The van der Waals surface area contributed by atoms with E-state index < -0.39 is 0 Å². The first-order valence-electron chi connectivity index (χ1n) is 6.81. The molecule has 0 radical (unpaired) electrons. The molecule has 2 rings (SSSR count). The van der Waals surface area contributed by atoms with Gasteiger partial charge < -0.3 is 4.90 Å². The Labute approximate surface area is 113 Å². The molecule has 0 spiro atoms. The number of amides is 1. The van der Waals surface area contributed by atoms with Crippen molar-refractivity contribution in [2.75, 3.05) is 18.2 Å². The zero-order valence-corrected chi connectivity index (χ0v) is 11.9. The molecule has 0 N–H and O–H groups in total. The van der Waals surface area contributed by atoms with Crippen LogP contribution in [0.15, 0.2) is 0 Å². The van der Waals surface area contributed by atoms with Crippen LogP contribution >= 0.6 is 23.4 Å². The summed E-state index contributed by atoms with van der Waals surface area (Å²) in [5.41, 5.74) is 0. The molecule has 0 aromatic rings. The molecule has 0 bridgehead atoms. The van der Waals surface area contributed by atoms with Crippen LogP contribution in [0.25, 0.3) is 0 Å². The Balaban J connectivity index is 1.88. The van der Waals surface area contributed by atoms with Gasteiger partial charge in [-0.05, 0) is 44.3 Å². The maximum Gasteiger partial charge on any atom is 0.235 e. The Hall–Kier alpha value is 0.110. The summed E-state index contributed by atoms with van der Waals surface area (Å²) in [4.78, 5) is 14.6. The molecule has 0 aliphatic carbocycles. The van der Waals surface area contributed by atoms with Crippen LogP contribution in [0, 0.1) is 0 Å². The molecule has 98 valence electrons. The van der Waals surface area contributed by atoms with Crippen molar-refractivity contribution in [3.8, 4) is 0 Å². The molecule has 4 heteroatoms. The Morgan fingerprint density at radius 3 is 2.88 bits per heavy atom. The predicted molar refractivity (Wildman–Crippen MR) is 74.8 cm³/mol. The van der Waals surface area contributed by atoms with Crippen LogP contribution in [0.2, 0.25) is 0 Å². The highest BCUT2D eigenvalue weighted by molar-refractivity contribution is 8.00. The molecule has 2 aliphatic rings. The van der Waals surface area contributed by atoms with Crippen molar-refractivity contribution in [1.29, 1.82) is 0 Å². The third-order valence-corrected chi connectivity index (χ3v) is 5.42. The lowest BCUT2D eigenvalue weighted by Gasteiger charge is -2.30. The van der Waals surface area contributed by atoms with Crippen LogP contribution in [-0.4, -0.2) is 40.3 Å². The average Bonchev–Trinajstić information content (AvgIpc) is 2.84. The van der Waals surface area contributed by atoms with Crippen molar-refractivity contribution < 1.29 is 4.79 Å². The summed E-state index contributed by atoms with van der Waals surface area (Å²) in [5.74, 6) is 2.29. The molecule has 0 saturated carbocycles. The molecule has 17 heavy (non-hydrogen) atoms. The molecule has 2 unspecified atom stereocenters. The van der Waals surface area contributed by atoms with Crippen molar-refractivity contribution in [3.05, 3.63) is 0 Å². The molecular formula is C13H22ClNOS. The number of likely N-dealkylation sites (tertiary alicyclic amines) is 1. The summed E-state index contributed by atoms with van der Waals surface area (Å²) in [6.07, 6.45) is 8.08. The van der Waals surface area contributed by atoms with E-state index in [1.165, 1.54) is 25.7 Å². The summed E-state index contributed by atoms with van der Waals surface area (Å²) in [7, 11) is 0. The Bertz CT molecular complexity index is 256. The first-order valence-corrected chi connectivity index (χ1v) is 8.39. The van der Waals surface area contributed by atoms with E-state index in [1.54, 1.807) is 0 Å². The van der Waals surface area contributed by atoms with Gasteiger partial charge in [0.15, 0.2) is 0 Å². The molecule has 2 saturated heterocycles. The summed E-state index contributed by atoms with van der Waals surface area (Å²) in [5, 5.41) is 0.250. The largest absolute Gasteiger partial charge is 0.339 e. The van der Waals surface area contributed by atoms with Gasteiger partial charge in [0.2, 0.25) is 5.91 Å². The van der Waals surface area contributed by atoms with E-state index in [2.05, 4.69) is 4.90 Å². The Kier molecular flexibility index (Phi) is 5.49. The minimum Gasteiger partial charge on any atom is -0.339 e. The zero-order valence-electron chi connectivity index (χ0n) is 10.4. The van der Waals surface area contributed by atoms with E-state index >= 15 is 0 Å². The monoisotopic (exact) mass is 275 g/mol. The second kappa shape index (κ2) is 6.89. The van der Waals surface area contributed by atoms with E-state index in [0.29, 0.717) is 11.9 Å². The first kappa shape index (κ1) is 13.5. The topological polar surface area (TPSA) is 20.3 Å². The first-order chi connectivity index (χ1) is 8.33. The van der Waals surface area contributed by atoms with Crippen molar-refractivity contribution >= 4 is 29.3 Å². The summed E-state index contributed by atoms with van der Waals surface area (Å²) < 4.78 is 0. The molecular weight excluding hydrogens is 254 g/mol. The zero-order chi connectivity index (χ0) is 12.1. The van der Waals surface area contributed by atoms with Crippen LogP contribution in [0.3, 0.4) is 0 Å². The number of hydrogen-bond donors (Lipinski definition) is 0. The van der Waals surface area contributed by atoms with E-state index in [9.17, 15) is 4.79 Å². The van der Waals surface area contributed by atoms with Crippen LogP contribution in [0.5, 0.6) is 0 Å². The van der Waals surface area contributed by atoms with Gasteiger partial charge in [0.05, 0.1) is 5.25 Å². The smallest absolute Gasteiger partial charge is 0.235 e. The third-order valence-electron chi connectivity index (χ3n) is 3.79. The van der Waals surface area contributed by atoms with Gasteiger partial charge in [-0.3, -0.25) is 4.79 Å². The lowest BCUT2D eigenvalue weighted by molar-refractivity contribution is -0.131. The van der Waals surface area contributed by atoms with Gasteiger partial charge in [0.1, 0.15) is 0 Å². The van der Waals surface area contributed by atoms with Gasteiger partial charge in [-0.15, -0.1) is 23.4 Å². The SMILES string of the molecule is O=C(C1CCCCS1)N1CCCC1CCCCl. The van der Waals surface area contributed by atoms with Crippen molar-refractivity contribution in [2.45, 2.75) is 56.2 Å². The lowest BCUT2D eigenvalue weighted by atomic mass is 10.1. The highest BCUT2D eigenvalue weighted by Crippen LogP contribution is 2.30. The number of hydrogen-bond acceptors (Lipinski definition) is 2. The van der Waals surface area contributed by atoms with Gasteiger partial charge in [0.25, 0.3) is 0 Å². The molecule has 1 amide bonds. The normalized spacial score (nSPS) is 29.6. The van der Waals surface area contributed by atoms with Crippen LogP contribution in [0.1, 0.15) is 44.9 Å². The van der Waals surface area contributed by atoms with Crippen LogP contribution < -0.4 is 0 Å². The standard InChI is InChI=1S/C13H22ClNOS/c14-8-3-5-11-6-4-9-15(11)13(16)12-7-1-2-10-17-12/h11-12H,1-10H2. The van der Waals surface area contributed by atoms with Gasteiger partial charge >= 0.3 is 0 Å². The van der Waals surface area contributed by atoms with E-state index in [4.69, 9.17) is 11.6 Å². The fourth-order valence-electron chi connectivity index (χ4n) is 2.86. The molecule has 2 atom stereocenters. The Morgan fingerprint density at radius 2 is 2.18 bits per heavy atom. The second-order valence-electron chi connectivity index (χ2n) is 5.01. The maximum atomic E-state index is 12.4. The van der Waals surface area contributed by atoms with E-state index in [-0.39, 0.29) is 5.25 Å². The number of carbonyl (C=O) groups excluding carboxylic acids is 1. The quantitative estimate of drug-likeness (QED) is 0.734. The van der Waals surface area contributed by atoms with E-state index in [0.717, 1.165) is 37.4 Å². The fraction of sp³-hybridized carbons (Fsp3) is 0.923. The van der Waals surface area contributed by atoms with Gasteiger partial charge in [-0.2, -0.15) is 0 Å². The molecule has 2 nitrogen and oxygen atoms in total. The van der Waals surface area contributed by atoms with E-state index in [1.807, 2.05) is 11.8 Å². The molecule has 0 aromatic heterocycles. The number of halogens is 1. The lowest BCUT2D eigenvalue weighted by Crippen LogP contribution is -2.41. The molecule has 2 aliphatic heterocycles. The van der Waals surface area contributed by atoms with Crippen molar-refractivity contribution in [1.82, 2.24) is 4.90 Å². The fourth-order valence-corrected chi connectivity index (χ4v) is 4.28. The maximum absolute atomic E-state index is 12.4. The summed E-state index contributed by atoms with van der Waals surface area (Å²) in [6, 6.07) is 0.476. The van der Waals surface area contributed by atoms with Gasteiger partial charge in [-0.25, -0.2) is 0 Å². The summed E-state index contributed by atoms with van der Waals surface area (Å²) >= 11 is 7.62. The molecule has 2 fully saturated rings. The number of carbonyl (C=O) groups is 1. The van der Waals surface area contributed by atoms with Gasteiger partial charge in [0, 0.05) is 18.5 Å². The predicted octanol–water partition coefficient (Wildman–Crippen LogP) is 3.28. The van der Waals surface area contributed by atoms with Gasteiger partial charge in [-0.1, -0.05) is 6.42 Å². The number of nitrogens with zero attached hydrogens (tertiary/aromatic N) is 1. The second-order valence-corrected chi connectivity index (χ2v) is 6.70. The highest BCUT2D eigenvalue weighted by atomic mass is 35.5. The Morgan fingerprint density at radius 1 is 1.29 bits per heavy atom. The minimum atomic E-state index is 0.250. The number of alkyl halides is 1. The minimum absolute atomic E-state index is 0.250. The van der Waals surface area contributed by atoms with Crippen molar-refractivity contribution in [2.24, 2.45) is 0 Å². The molecule has 2 heterocycles. The average molecular weight is 276 g/mol. The van der Waals surface area contributed by atoms with Crippen molar-refractivity contribution in [3.63, 3.8) is 0 Å². The summed E-state index contributed by atoms with van der Waals surface area (Å²) in [6.45, 7) is 0.975. The van der Waals surface area contributed by atoms with Crippen LogP contribution in [-0.2, 0) is 4.79 Å². The highest BCUT2D eigenvalue weighted by Gasteiger charge is 2.33. The number of rotatable bonds is 4. The number of thioether (sulfide) groups is 1.